The topological polar surface area (TPSA) is 29.5 Å². The molecule has 2 nitrogen and oxygen atoms in total. The maximum Gasteiger partial charge on any atom is 0.123 e. The van der Waals surface area contributed by atoms with Crippen LogP contribution in [0.4, 0.5) is 4.39 Å². The van der Waals surface area contributed by atoms with Gasteiger partial charge in [0.25, 0.3) is 0 Å². The van der Waals surface area contributed by atoms with E-state index >= 15 is 0 Å². The second-order valence-electron chi connectivity index (χ2n) is 4.77. The van der Waals surface area contributed by atoms with E-state index in [4.69, 9.17) is 16.3 Å². The Balaban J connectivity index is 2.16. The molecular formula is C13H16ClFO2. The van der Waals surface area contributed by atoms with Crippen molar-refractivity contribution in [1.29, 1.82) is 0 Å². The molecular weight excluding hydrogens is 243 g/mol. The van der Waals surface area contributed by atoms with Gasteiger partial charge in [-0.15, -0.1) is 0 Å². The second-order valence-corrected chi connectivity index (χ2v) is 5.18. The van der Waals surface area contributed by atoms with Crippen LogP contribution in [0.1, 0.15) is 25.3 Å². The molecule has 1 aliphatic heterocycles. The van der Waals surface area contributed by atoms with Crippen LogP contribution in [0.25, 0.3) is 0 Å². The van der Waals surface area contributed by atoms with E-state index in [0.717, 1.165) is 0 Å². The van der Waals surface area contributed by atoms with Crippen molar-refractivity contribution < 1.29 is 14.2 Å². The Morgan fingerprint density at radius 1 is 1.59 bits per heavy atom. The Kier molecular flexibility index (Phi) is 3.71. The standard InChI is InChI=1S/C13H16ClFO2/c1-9-7-13(16,4-5-17-9)8-10-6-11(15)2-3-12(10)14/h2-3,6,9,16H,4-5,7-8H2,1H3. The first-order chi connectivity index (χ1) is 7.98. The van der Waals surface area contributed by atoms with Crippen LogP contribution >= 0.6 is 11.6 Å². The largest absolute Gasteiger partial charge is 0.389 e. The van der Waals surface area contributed by atoms with Gasteiger partial charge in [0.2, 0.25) is 0 Å². The molecule has 94 valence electrons. The summed E-state index contributed by atoms with van der Waals surface area (Å²) in [6.07, 6.45) is 1.52. The molecule has 17 heavy (non-hydrogen) atoms. The van der Waals surface area contributed by atoms with Gasteiger partial charge >= 0.3 is 0 Å². The van der Waals surface area contributed by atoms with Gasteiger partial charge in [-0.1, -0.05) is 11.6 Å². The molecule has 0 saturated carbocycles. The molecule has 0 amide bonds. The molecule has 1 fully saturated rings. The third kappa shape index (κ3) is 3.18. The lowest BCUT2D eigenvalue weighted by molar-refractivity contribution is -0.0961. The smallest absolute Gasteiger partial charge is 0.123 e. The monoisotopic (exact) mass is 258 g/mol. The van der Waals surface area contributed by atoms with Gasteiger partial charge in [-0.25, -0.2) is 4.39 Å². The molecule has 2 unspecified atom stereocenters. The van der Waals surface area contributed by atoms with Crippen LogP contribution in [0, 0.1) is 5.82 Å². The molecule has 1 heterocycles. The Hall–Kier alpha value is -0.640. The number of halogens is 2. The van der Waals surface area contributed by atoms with Gasteiger partial charge in [0, 0.05) is 24.5 Å². The first-order valence-corrected chi connectivity index (χ1v) is 6.14. The summed E-state index contributed by atoms with van der Waals surface area (Å²) in [6, 6.07) is 4.24. The van der Waals surface area contributed by atoms with E-state index in [1.807, 2.05) is 6.92 Å². The van der Waals surface area contributed by atoms with Crippen LogP contribution in [-0.2, 0) is 11.2 Å². The fraction of sp³-hybridized carbons (Fsp3) is 0.538. The normalized spacial score (nSPS) is 29.3. The summed E-state index contributed by atoms with van der Waals surface area (Å²) in [7, 11) is 0. The molecule has 0 bridgehead atoms. The molecule has 0 aliphatic carbocycles. The number of hydrogen-bond donors (Lipinski definition) is 1. The molecule has 1 N–H and O–H groups in total. The zero-order valence-corrected chi connectivity index (χ0v) is 10.5. The van der Waals surface area contributed by atoms with Crippen LogP contribution < -0.4 is 0 Å². The van der Waals surface area contributed by atoms with E-state index in [9.17, 15) is 9.50 Å². The minimum atomic E-state index is -0.838. The molecule has 0 radical (unpaired) electrons. The Morgan fingerprint density at radius 3 is 3.06 bits per heavy atom. The highest BCUT2D eigenvalue weighted by molar-refractivity contribution is 6.31. The van der Waals surface area contributed by atoms with Gasteiger partial charge in [0.15, 0.2) is 0 Å². The summed E-state index contributed by atoms with van der Waals surface area (Å²) in [4.78, 5) is 0. The van der Waals surface area contributed by atoms with Crippen LogP contribution in [0.15, 0.2) is 18.2 Å². The minimum absolute atomic E-state index is 0.0288. The summed E-state index contributed by atoms with van der Waals surface area (Å²) < 4.78 is 18.5. The quantitative estimate of drug-likeness (QED) is 0.884. The van der Waals surface area contributed by atoms with Gasteiger partial charge in [0.1, 0.15) is 5.82 Å². The Bertz CT molecular complexity index is 410. The summed E-state index contributed by atoms with van der Waals surface area (Å²) in [6.45, 7) is 2.46. The zero-order valence-electron chi connectivity index (χ0n) is 9.75. The third-order valence-electron chi connectivity index (χ3n) is 3.16. The molecule has 1 saturated heterocycles. The van der Waals surface area contributed by atoms with Crippen LogP contribution in [-0.4, -0.2) is 23.4 Å². The second kappa shape index (κ2) is 4.92. The molecule has 1 aromatic carbocycles. The van der Waals surface area contributed by atoms with Crippen molar-refractivity contribution >= 4 is 11.6 Å². The van der Waals surface area contributed by atoms with E-state index in [1.54, 1.807) is 0 Å². The van der Waals surface area contributed by atoms with Gasteiger partial charge in [0.05, 0.1) is 11.7 Å². The van der Waals surface area contributed by atoms with Crippen LogP contribution in [0.5, 0.6) is 0 Å². The molecule has 1 aromatic rings. The maximum atomic E-state index is 13.1. The maximum absolute atomic E-state index is 13.1. The Morgan fingerprint density at radius 2 is 2.35 bits per heavy atom. The van der Waals surface area contributed by atoms with E-state index in [2.05, 4.69) is 0 Å². The summed E-state index contributed by atoms with van der Waals surface area (Å²) in [5, 5.41) is 10.9. The predicted molar refractivity (Wildman–Crippen MR) is 64.7 cm³/mol. The van der Waals surface area contributed by atoms with Crippen LogP contribution in [0.2, 0.25) is 5.02 Å². The van der Waals surface area contributed by atoms with Gasteiger partial charge < -0.3 is 9.84 Å². The number of aliphatic hydroxyl groups is 1. The van der Waals surface area contributed by atoms with Gasteiger partial charge in [-0.05, 0) is 37.1 Å². The number of rotatable bonds is 2. The SMILES string of the molecule is CC1CC(O)(Cc2cc(F)ccc2Cl)CCO1. The summed E-state index contributed by atoms with van der Waals surface area (Å²) >= 11 is 6.00. The van der Waals surface area contributed by atoms with Crippen molar-refractivity contribution in [2.24, 2.45) is 0 Å². The lowest BCUT2D eigenvalue weighted by Gasteiger charge is -2.35. The molecule has 2 atom stereocenters. The van der Waals surface area contributed by atoms with E-state index < -0.39 is 5.60 Å². The van der Waals surface area contributed by atoms with Crippen molar-refractivity contribution in [1.82, 2.24) is 0 Å². The van der Waals surface area contributed by atoms with E-state index in [-0.39, 0.29) is 11.9 Å². The van der Waals surface area contributed by atoms with Crippen molar-refractivity contribution in [3.63, 3.8) is 0 Å². The van der Waals surface area contributed by atoms with Crippen molar-refractivity contribution in [3.8, 4) is 0 Å². The van der Waals surface area contributed by atoms with Crippen molar-refractivity contribution in [2.45, 2.75) is 37.9 Å². The zero-order chi connectivity index (χ0) is 12.5. The third-order valence-corrected chi connectivity index (χ3v) is 3.53. The minimum Gasteiger partial charge on any atom is -0.389 e. The summed E-state index contributed by atoms with van der Waals surface area (Å²) in [5.74, 6) is -0.326. The van der Waals surface area contributed by atoms with Gasteiger partial charge in [-0.3, -0.25) is 0 Å². The predicted octanol–water partition coefficient (Wildman–Crippen LogP) is 2.95. The highest BCUT2D eigenvalue weighted by Crippen LogP contribution is 2.31. The average Bonchev–Trinajstić information content (AvgIpc) is 2.22. The van der Waals surface area contributed by atoms with Crippen molar-refractivity contribution in [3.05, 3.63) is 34.6 Å². The molecule has 0 spiro atoms. The summed E-state index contributed by atoms with van der Waals surface area (Å²) in [5.41, 5.74) is -0.182. The number of hydrogen-bond acceptors (Lipinski definition) is 2. The van der Waals surface area contributed by atoms with Crippen molar-refractivity contribution in [2.75, 3.05) is 6.61 Å². The van der Waals surface area contributed by atoms with Gasteiger partial charge in [-0.2, -0.15) is 0 Å². The van der Waals surface area contributed by atoms with E-state index in [0.29, 0.717) is 36.5 Å². The molecule has 4 heteroatoms. The van der Waals surface area contributed by atoms with Crippen LogP contribution in [0.3, 0.4) is 0 Å². The number of benzene rings is 1. The fourth-order valence-corrected chi connectivity index (χ4v) is 2.52. The average molecular weight is 259 g/mol. The highest BCUT2D eigenvalue weighted by Gasteiger charge is 2.33. The Labute approximate surface area is 105 Å². The lowest BCUT2D eigenvalue weighted by Crippen LogP contribution is -2.41. The fourth-order valence-electron chi connectivity index (χ4n) is 2.34. The first-order valence-electron chi connectivity index (χ1n) is 5.76. The lowest BCUT2D eigenvalue weighted by atomic mass is 9.85. The molecule has 0 aromatic heterocycles. The highest BCUT2D eigenvalue weighted by atomic mass is 35.5. The molecule has 1 aliphatic rings. The van der Waals surface area contributed by atoms with E-state index in [1.165, 1.54) is 18.2 Å². The molecule has 2 rings (SSSR count). The first kappa shape index (κ1) is 12.8. The number of ether oxygens (including phenoxy) is 1.